The van der Waals surface area contributed by atoms with Crippen LogP contribution in [0.5, 0.6) is 0 Å². The maximum atomic E-state index is 3.57. The Bertz CT molecular complexity index is 235. The van der Waals surface area contributed by atoms with Crippen LogP contribution in [0, 0.1) is 16.9 Å². The summed E-state index contributed by atoms with van der Waals surface area (Å²) in [6.07, 6.45) is 1.40. The summed E-state index contributed by atoms with van der Waals surface area (Å²) in [6.45, 7) is 16.2. The third-order valence-corrected chi connectivity index (χ3v) is 6.01. The van der Waals surface area contributed by atoms with Crippen molar-refractivity contribution in [2.75, 3.05) is 0 Å². The lowest BCUT2D eigenvalue weighted by atomic mass is 9.99. The minimum absolute atomic E-state index is 0.0254. The van der Waals surface area contributed by atoms with Gasteiger partial charge in [-0.2, -0.15) is 0 Å². The van der Waals surface area contributed by atoms with E-state index in [9.17, 15) is 0 Å². The molecule has 0 N–H and O–H groups in total. The van der Waals surface area contributed by atoms with Crippen LogP contribution in [0.15, 0.2) is 0 Å². The first-order chi connectivity index (χ1) is 6.62. The zero-order valence-corrected chi connectivity index (χ0v) is 13.6. The average Bonchev–Trinajstić information content (AvgIpc) is 1.99. The van der Waals surface area contributed by atoms with Gasteiger partial charge in [-0.1, -0.05) is 38.7 Å². The van der Waals surface area contributed by atoms with E-state index in [1.54, 1.807) is 0 Å². The van der Waals surface area contributed by atoms with Crippen LogP contribution in [0.4, 0.5) is 0 Å². The predicted octanol–water partition coefficient (Wildman–Crippen LogP) is 4.43. The standard InChI is InChI=1S/C13H27Si2/c1-13(2,3)9-12-15(6,7)11-8-10-14(4)5/h8,10-11H2,1-7H3. The lowest BCUT2D eigenvalue weighted by Crippen LogP contribution is -2.24. The van der Waals surface area contributed by atoms with E-state index >= 15 is 0 Å². The van der Waals surface area contributed by atoms with Gasteiger partial charge in [0, 0.05) is 14.2 Å². The van der Waals surface area contributed by atoms with E-state index in [1.807, 2.05) is 0 Å². The Morgan fingerprint density at radius 1 is 1.13 bits per heavy atom. The van der Waals surface area contributed by atoms with E-state index in [0.29, 0.717) is 0 Å². The molecule has 0 fully saturated rings. The Morgan fingerprint density at radius 3 is 2.07 bits per heavy atom. The van der Waals surface area contributed by atoms with Crippen LogP contribution in [0.25, 0.3) is 0 Å². The summed E-state index contributed by atoms with van der Waals surface area (Å²) >= 11 is 0. The van der Waals surface area contributed by atoms with Crippen molar-refractivity contribution in [3.63, 3.8) is 0 Å². The summed E-state index contributed by atoms with van der Waals surface area (Å²) in [5, 5.41) is 0. The molecule has 0 spiro atoms. The molecule has 0 aromatic rings. The van der Waals surface area contributed by atoms with E-state index in [0.717, 1.165) is 0 Å². The zero-order chi connectivity index (χ0) is 12.1. The molecule has 87 valence electrons. The van der Waals surface area contributed by atoms with Gasteiger partial charge in [0.25, 0.3) is 0 Å². The maximum absolute atomic E-state index is 3.57. The molecule has 1 radical (unpaired) electrons. The fraction of sp³-hybridized carbons (Fsp3) is 0.846. The highest BCUT2D eigenvalue weighted by atomic mass is 28.3. The van der Waals surface area contributed by atoms with Crippen molar-refractivity contribution in [3.05, 3.63) is 0 Å². The SMILES string of the molecule is C[Si](C)CCC[Si](C)(C)C#CC(C)(C)C. The van der Waals surface area contributed by atoms with Crippen molar-refractivity contribution < 1.29 is 0 Å². The summed E-state index contributed by atoms with van der Waals surface area (Å²) in [5.74, 6) is 3.42. The van der Waals surface area contributed by atoms with E-state index in [2.05, 4.69) is 58.4 Å². The van der Waals surface area contributed by atoms with Crippen LogP contribution in [0.2, 0.25) is 38.3 Å². The minimum Gasteiger partial charge on any atom is -0.131 e. The van der Waals surface area contributed by atoms with Crippen molar-refractivity contribution in [1.82, 2.24) is 0 Å². The van der Waals surface area contributed by atoms with Crippen molar-refractivity contribution in [1.29, 1.82) is 0 Å². The summed E-state index contributed by atoms with van der Waals surface area (Å²) in [4.78, 5) is 0. The Kier molecular flexibility index (Phi) is 5.91. The van der Waals surface area contributed by atoms with Crippen molar-refractivity contribution in [3.8, 4) is 11.5 Å². The minimum atomic E-state index is -1.22. The quantitative estimate of drug-likeness (QED) is 0.503. The van der Waals surface area contributed by atoms with Crippen LogP contribution in [-0.2, 0) is 0 Å². The van der Waals surface area contributed by atoms with Gasteiger partial charge in [0.1, 0.15) is 8.07 Å². The molecule has 0 amide bonds. The summed E-state index contributed by atoms with van der Waals surface area (Å²) < 4.78 is 0. The fourth-order valence-corrected chi connectivity index (χ4v) is 4.44. The normalized spacial score (nSPS) is 12.5. The highest BCUT2D eigenvalue weighted by Gasteiger charge is 2.18. The Labute approximate surface area is 99.5 Å². The number of hydrogen-bond donors (Lipinski definition) is 0. The molecule has 0 rings (SSSR count). The zero-order valence-electron chi connectivity index (χ0n) is 11.6. The highest BCUT2D eigenvalue weighted by molar-refractivity contribution is 6.85. The molecule has 0 aliphatic rings. The van der Waals surface area contributed by atoms with Gasteiger partial charge in [-0.3, -0.25) is 0 Å². The topological polar surface area (TPSA) is 0 Å². The first-order valence-electron chi connectivity index (χ1n) is 5.96. The second kappa shape index (κ2) is 5.91. The average molecular weight is 240 g/mol. The van der Waals surface area contributed by atoms with E-state index in [4.69, 9.17) is 0 Å². The van der Waals surface area contributed by atoms with Gasteiger partial charge in [0.15, 0.2) is 0 Å². The van der Waals surface area contributed by atoms with Gasteiger partial charge in [0.05, 0.1) is 0 Å². The molecule has 0 bridgehead atoms. The third kappa shape index (κ3) is 10.3. The summed E-state index contributed by atoms with van der Waals surface area (Å²) in [6, 6.07) is 2.84. The molecule has 0 atom stereocenters. The first-order valence-corrected chi connectivity index (χ1v) is 11.9. The molecule has 0 heterocycles. The van der Waals surface area contributed by atoms with E-state index < -0.39 is 8.07 Å². The van der Waals surface area contributed by atoms with Crippen LogP contribution >= 0.6 is 0 Å². The molecule has 0 saturated carbocycles. The molecule has 0 saturated heterocycles. The van der Waals surface area contributed by atoms with E-state index in [-0.39, 0.29) is 14.2 Å². The van der Waals surface area contributed by atoms with Gasteiger partial charge in [0.2, 0.25) is 0 Å². The van der Waals surface area contributed by atoms with Crippen molar-refractivity contribution >= 4 is 16.9 Å². The van der Waals surface area contributed by atoms with Gasteiger partial charge in [-0.05, 0) is 26.8 Å². The van der Waals surface area contributed by atoms with Gasteiger partial charge in [-0.15, -0.1) is 11.5 Å². The molecular weight excluding hydrogens is 212 g/mol. The molecule has 2 heteroatoms. The summed E-state index contributed by atoms with van der Waals surface area (Å²) in [5.41, 5.74) is 3.75. The Balaban J connectivity index is 4.11. The van der Waals surface area contributed by atoms with Gasteiger partial charge < -0.3 is 0 Å². The van der Waals surface area contributed by atoms with Gasteiger partial charge in [-0.25, -0.2) is 0 Å². The number of hydrogen-bond acceptors (Lipinski definition) is 0. The predicted molar refractivity (Wildman–Crippen MR) is 76.4 cm³/mol. The van der Waals surface area contributed by atoms with Crippen LogP contribution in [0.1, 0.15) is 27.2 Å². The van der Waals surface area contributed by atoms with E-state index in [1.165, 1.54) is 18.5 Å². The molecule has 0 unspecified atom stereocenters. The van der Waals surface area contributed by atoms with Crippen molar-refractivity contribution in [2.45, 2.75) is 65.5 Å². The maximum Gasteiger partial charge on any atom is 0.132 e. The molecule has 15 heavy (non-hydrogen) atoms. The molecule has 0 aromatic heterocycles. The Hall–Kier alpha value is -0.00623. The first kappa shape index (κ1) is 15.0. The molecule has 0 aliphatic carbocycles. The second-order valence-corrected chi connectivity index (χ2v) is 13.9. The van der Waals surface area contributed by atoms with Gasteiger partial charge >= 0.3 is 0 Å². The largest absolute Gasteiger partial charge is 0.132 e. The fourth-order valence-electron chi connectivity index (χ4n) is 1.30. The highest BCUT2D eigenvalue weighted by Crippen LogP contribution is 2.16. The lowest BCUT2D eigenvalue weighted by Gasteiger charge is -2.17. The lowest BCUT2D eigenvalue weighted by molar-refractivity contribution is 0.571. The second-order valence-electron chi connectivity index (χ2n) is 6.44. The molecule has 0 aromatic carbocycles. The molecular formula is C13H27Si2. The number of rotatable bonds is 4. The smallest absolute Gasteiger partial charge is 0.131 e. The Morgan fingerprint density at radius 2 is 1.67 bits per heavy atom. The summed E-state index contributed by atoms with van der Waals surface area (Å²) in [7, 11) is -1.25. The van der Waals surface area contributed by atoms with Crippen LogP contribution < -0.4 is 0 Å². The molecule has 0 nitrogen and oxygen atoms in total. The van der Waals surface area contributed by atoms with Crippen molar-refractivity contribution in [2.24, 2.45) is 5.41 Å². The molecule has 0 aliphatic heterocycles. The van der Waals surface area contributed by atoms with Crippen LogP contribution in [-0.4, -0.2) is 16.9 Å². The van der Waals surface area contributed by atoms with Crippen LogP contribution in [0.3, 0.4) is 0 Å². The third-order valence-electron chi connectivity index (χ3n) is 2.25. The monoisotopic (exact) mass is 239 g/mol.